The number of benzene rings is 1. The summed E-state index contributed by atoms with van der Waals surface area (Å²) in [6.45, 7) is 12.1. The topological polar surface area (TPSA) is 40.6 Å². The molecule has 1 atom stereocenters. The fourth-order valence-corrected chi connectivity index (χ4v) is 5.10. The molecule has 3 rings (SSSR count). The molecule has 2 aliphatic heterocycles. The number of carbonyl (C=O) groups excluding carboxylic acids is 2. The van der Waals surface area contributed by atoms with E-state index in [1.54, 1.807) is 0 Å². The Labute approximate surface area is 166 Å². The molecule has 2 heterocycles. The molecule has 1 fully saturated rings. The van der Waals surface area contributed by atoms with Gasteiger partial charge in [-0.15, -0.1) is 6.42 Å². The standard InChI is InChI=1S/C22H26N2O2S/c1-7-9-23-20(25)19(27-21(23)26)12-16-11-17-15(4)13-22(5,6)24(8-2)18(17)10-14(16)3/h1,10-12,15H,8-9,13H2,2-6H3/b19-12-. The smallest absolute Gasteiger partial charge is 0.294 e. The predicted molar refractivity (Wildman–Crippen MR) is 113 cm³/mol. The van der Waals surface area contributed by atoms with Crippen LogP contribution in [0.2, 0.25) is 0 Å². The van der Waals surface area contributed by atoms with Crippen LogP contribution in [0.5, 0.6) is 0 Å². The number of imide groups is 1. The number of fused-ring (bicyclic) bond motifs is 1. The average molecular weight is 383 g/mol. The number of hydrogen-bond acceptors (Lipinski definition) is 4. The van der Waals surface area contributed by atoms with Gasteiger partial charge in [0.2, 0.25) is 0 Å². The van der Waals surface area contributed by atoms with Gasteiger partial charge >= 0.3 is 0 Å². The van der Waals surface area contributed by atoms with Gasteiger partial charge < -0.3 is 4.90 Å². The maximum Gasteiger partial charge on any atom is 0.294 e. The molecule has 27 heavy (non-hydrogen) atoms. The van der Waals surface area contributed by atoms with Crippen LogP contribution in [0.1, 0.15) is 56.7 Å². The first-order valence-corrected chi connectivity index (χ1v) is 10.1. The first kappa shape index (κ1) is 19.6. The minimum atomic E-state index is -0.301. The van der Waals surface area contributed by atoms with Gasteiger partial charge in [-0.25, -0.2) is 0 Å². The highest BCUT2D eigenvalue weighted by molar-refractivity contribution is 8.18. The summed E-state index contributed by atoms with van der Waals surface area (Å²) < 4.78 is 0. The van der Waals surface area contributed by atoms with E-state index in [1.807, 2.05) is 6.08 Å². The maximum absolute atomic E-state index is 12.5. The summed E-state index contributed by atoms with van der Waals surface area (Å²) in [6, 6.07) is 4.40. The lowest BCUT2D eigenvalue weighted by atomic mass is 9.79. The Morgan fingerprint density at radius 1 is 1.37 bits per heavy atom. The minimum Gasteiger partial charge on any atom is -0.366 e. The molecule has 0 radical (unpaired) electrons. The fourth-order valence-electron chi connectivity index (χ4n) is 4.27. The van der Waals surface area contributed by atoms with Crippen molar-refractivity contribution < 1.29 is 9.59 Å². The number of carbonyl (C=O) groups is 2. The molecule has 2 amide bonds. The zero-order chi connectivity index (χ0) is 19.9. The summed E-state index contributed by atoms with van der Waals surface area (Å²) in [7, 11) is 0. The molecule has 0 saturated carbocycles. The fraction of sp³-hybridized carbons (Fsp3) is 0.455. The van der Waals surface area contributed by atoms with Crippen molar-refractivity contribution >= 4 is 34.7 Å². The van der Waals surface area contributed by atoms with E-state index < -0.39 is 0 Å². The van der Waals surface area contributed by atoms with Crippen LogP contribution in [0, 0.1) is 19.3 Å². The molecule has 0 bridgehead atoms. The highest BCUT2D eigenvalue weighted by Gasteiger charge is 2.37. The monoisotopic (exact) mass is 382 g/mol. The Balaban J connectivity index is 2.03. The minimum absolute atomic E-state index is 0.0166. The Bertz CT molecular complexity index is 879. The third-order valence-electron chi connectivity index (χ3n) is 5.50. The lowest BCUT2D eigenvalue weighted by Gasteiger charge is -2.47. The van der Waals surface area contributed by atoms with Crippen molar-refractivity contribution in [2.45, 2.75) is 52.5 Å². The maximum atomic E-state index is 12.5. The summed E-state index contributed by atoms with van der Waals surface area (Å²) >= 11 is 0.961. The Morgan fingerprint density at radius 3 is 2.70 bits per heavy atom. The van der Waals surface area contributed by atoms with Crippen LogP contribution in [-0.4, -0.2) is 34.7 Å². The van der Waals surface area contributed by atoms with Gasteiger partial charge in [0, 0.05) is 17.8 Å². The van der Waals surface area contributed by atoms with Crippen molar-refractivity contribution in [1.29, 1.82) is 0 Å². The lowest BCUT2D eigenvalue weighted by Crippen LogP contribution is -2.48. The summed E-state index contributed by atoms with van der Waals surface area (Å²) in [4.78, 5) is 28.5. The van der Waals surface area contributed by atoms with Gasteiger partial charge in [0.15, 0.2) is 0 Å². The highest BCUT2D eigenvalue weighted by Crippen LogP contribution is 2.44. The normalized spacial score (nSPS) is 23.0. The molecule has 1 saturated heterocycles. The van der Waals surface area contributed by atoms with Gasteiger partial charge in [-0.2, -0.15) is 0 Å². The SMILES string of the molecule is C#CCN1C(=O)S/C(=C\c2cc3c(cc2C)N(CC)C(C)(C)CC3C)C1=O. The largest absolute Gasteiger partial charge is 0.366 e. The van der Waals surface area contributed by atoms with E-state index in [0.717, 1.165) is 40.8 Å². The first-order chi connectivity index (χ1) is 12.7. The van der Waals surface area contributed by atoms with Crippen molar-refractivity contribution in [3.05, 3.63) is 33.7 Å². The second kappa shape index (κ2) is 7.09. The number of terminal acetylenes is 1. The van der Waals surface area contributed by atoms with Crippen molar-refractivity contribution in [1.82, 2.24) is 4.90 Å². The van der Waals surface area contributed by atoms with Crippen LogP contribution < -0.4 is 4.90 Å². The number of rotatable bonds is 3. The van der Waals surface area contributed by atoms with Gasteiger partial charge in [-0.1, -0.05) is 12.8 Å². The molecule has 0 aromatic heterocycles. The van der Waals surface area contributed by atoms with E-state index in [2.05, 4.69) is 57.6 Å². The zero-order valence-corrected chi connectivity index (χ0v) is 17.4. The number of anilines is 1. The third kappa shape index (κ3) is 3.39. The van der Waals surface area contributed by atoms with Gasteiger partial charge in [0.25, 0.3) is 11.1 Å². The Morgan fingerprint density at radius 2 is 2.07 bits per heavy atom. The van der Waals surface area contributed by atoms with Crippen molar-refractivity contribution in [3.63, 3.8) is 0 Å². The van der Waals surface area contributed by atoms with Crippen LogP contribution >= 0.6 is 11.8 Å². The number of thioether (sulfide) groups is 1. The second-order valence-electron chi connectivity index (χ2n) is 7.90. The third-order valence-corrected chi connectivity index (χ3v) is 6.41. The van der Waals surface area contributed by atoms with Gasteiger partial charge in [-0.05, 0) is 86.7 Å². The average Bonchev–Trinajstić information content (AvgIpc) is 2.84. The zero-order valence-electron chi connectivity index (χ0n) is 16.6. The molecule has 0 spiro atoms. The molecule has 1 aromatic rings. The van der Waals surface area contributed by atoms with E-state index in [1.165, 1.54) is 11.3 Å². The van der Waals surface area contributed by atoms with E-state index in [-0.39, 0.29) is 23.2 Å². The Hall–Kier alpha value is -2.19. The molecular formula is C22H26N2O2S. The van der Waals surface area contributed by atoms with Crippen molar-refractivity contribution in [3.8, 4) is 12.3 Å². The quantitative estimate of drug-likeness (QED) is 0.557. The van der Waals surface area contributed by atoms with Crippen molar-refractivity contribution in [2.75, 3.05) is 18.0 Å². The molecule has 2 aliphatic rings. The Kier molecular flexibility index (Phi) is 5.14. The number of aryl methyl sites for hydroxylation is 1. The molecule has 1 unspecified atom stereocenters. The first-order valence-electron chi connectivity index (χ1n) is 9.30. The van der Waals surface area contributed by atoms with Crippen LogP contribution in [0.4, 0.5) is 10.5 Å². The molecule has 0 aliphatic carbocycles. The highest BCUT2D eigenvalue weighted by atomic mass is 32.2. The van der Waals surface area contributed by atoms with E-state index in [9.17, 15) is 9.59 Å². The van der Waals surface area contributed by atoms with Gasteiger partial charge in [0.1, 0.15) is 0 Å². The molecule has 4 nitrogen and oxygen atoms in total. The summed E-state index contributed by atoms with van der Waals surface area (Å²) in [5.74, 6) is 2.50. The van der Waals surface area contributed by atoms with Crippen molar-refractivity contribution in [2.24, 2.45) is 0 Å². The molecule has 142 valence electrons. The lowest BCUT2D eigenvalue weighted by molar-refractivity contribution is -0.122. The molecular weight excluding hydrogens is 356 g/mol. The summed E-state index contributed by atoms with van der Waals surface area (Å²) in [5, 5.41) is -0.299. The van der Waals surface area contributed by atoms with Crippen LogP contribution in [-0.2, 0) is 4.79 Å². The summed E-state index contributed by atoms with van der Waals surface area (Å²) in [5.41, 5.74) is 4.78. The number of hydrogen-bond donors (Lipinski definition) is 0. The van der Waals surface area contributed by atoms with Crippen LogP contribution in [0.3, 0.4) is 0 Å². The second-order valence-corrected chi connectivity index (χ2v) is 8.89. The van der Waals surface area contributed by atoms with Crippen LogP contribution in [0.15, 0.2) is 17.0 Å². The molecule has 5 heteroatoms. The van der Waals surface area contributed by atoms with E-state index in [0.29, 0.717) is 10.8 Å². The van der Waals surface area contributed by atoms with Gasteiger partial charge in [-0.3, -0.25) is 14.5 Å². The van der Waals surface area contributed by atoms with E-state index in [4.69, 9.17) is 6.42 Å². The number of nitrogens with zero attached hydrogens (tertiary/aromatic N) is 2. The number of amides is 2. The molecule has 0 N–H and O–H groups in total. The predicted octanol–water partition coefficient (Wildman–Crippen LogP) is 4.78. The molecule has 1 aromatic carbocycles. The van der Waals surface area contributed by atoms with E-state index >= 15 is 0 Å². The van der Waals surface area contributed by atoms with Crippen LogP contribution in [0.25, 0.3) is 6.08 Å². The summed E-state index contributed by atoms with van der Waals surface area (Å²) in [6.07, 6.45) is 8.18. The van der Waals surface area contributed by atoms with Gasteiger partial charge in [0.05, 0.1) is 11.4 Å².